The van der Waals surface area contributed by atoms with E-state index in [-0.39, 0.29) is 40.5 Å². The highest BCUT2D eigenvalue weighted by Gasteiger charge is 2.43. The average Bonchev–Trinajstić information content (AvgIpc) is 3.34. The van der Waals surface area contributed by atoms with Gasteiger partial charge in [-0.25, -0.2) is 9.18 Å². The molecule has 0 aromatic heterocycles. The van der Waals surface area contributed by atoms with Gasteiger partial charge in [0.05, 0.1) is 15.6 Å². The van der Waals surface area contributed by atoms with Crippen LogP contribution in [0.1, 0.15) is 22.3 Å². The maximum absolute atomic E-state index is 13.7. The number of ether oxygens (including phenoxy) is 1. The Kier molecular flexibility index (Phi) is 5.94. The Labute approximate surface area is 148 Å². The van der Waals surface area contributed by atoms with Gasteiger partial charge >= 0.3 is 5.97 Å². The standard InChI is InChI=1S/C16H13Cl2FN2O3/c1-2-13(22)24-4-3-21-12-6-8(12)16(23)9-5-11(19)15(18)10(7-20)14(9)17/h2,5,8,12,21H,1,3-4,6H2. The minimum Gasteiger partial charge on any atom is -0.461 e. The lowest BCUT2D eigenvalue weighted by atomic mass is 10.0. The van der Waals surface area contributed by atoms with Crippen LogP contribution in [0.15, 0.2) is 18.7 Å². The van der Waals surface area contributed by atoms with Crippen LogP contribution in [-0.2, 0) is 9.53 Å². The number of halogens is 3. The van der Waals surface area contributed by atoms with E-state index in [0.717, 1.165) is 12.1 Å². The molecular weight excluding hydrogens is 358 g/mol. The second-order valence-electron chi connectivity index (χ2n) is 5.16. The zero-order valence-electron chi connectivity index (χ0n) is 12.4. The molecule has 1 aliphatic rings. The molecule has 0 amide bonds. The van der Waals surface area contributed by atoms with E-state index in [1.54, 1.807) is 6.07 Å². The zero-order valence-corrected chi connectivity index (χ0v) is 14.0. The van der Waals surface area contributed by atoms with Crippen LogP contribution in [0.5, 0.6) is 0 Å². The van der Waals surface area contributed by atoms with Crippen molar-refractivity contribution in [3.8, 4) is 6.07 Å². The molecule has 2 atom stereocenters. The molecule has 5 nitrogen and oxygen atoms in total. The third kappa shape index (κ3) is 3.93. The Morgan fingerprint density at radius 3 is 2.83 bits per heavy atom. The van der Waals surface area contributed by atoms with Crippen molar-refractivity contribution in [3.05, 3.63) is 45.7 Å². The van der Waals surface area contributed by atoms with Gasteiger partial charge in [0.25, 0.3) is 0 Å². The summed E-state index contributed by atoms with van der Waals surface area (Å²) in [5.74, 6) is -2.10. The van der Waals surface area contributed by atoms with Gasteiger partial charge in [0.1, 0.15) is 18.5 Å². The minimum atomic E-state index is -0.859. The third-order valence-corrected chi connectivity index (χ3v) is 4.34. The molecule has 0 radical (unpaired) electrons. The summed E-state index contributed by atoms with van der Waals surface area (Å²) in [4.78, 5) is 23.3. The van der Waals surface area contributed by atoms with Crippen molar-refractivity contribution in [1.82, 2.24) is 5.32 Å². The summed E-state index contributed by atoms with van der Waals surface area (Å²) in [6.45, 7) is 3.80. The van der Waals surface area contributed by atoms with E-state index in [2.05, 4.69) is 11.9 Å². The van der Waals surface area contributed by atoms with Gasteiger partial charge in [-0.1, -0.05) is 29.8 Å². The second kappa shape index (κ2) is 7.75. The Morgan fingerprint density at radius 2 is 2.21 bits per heavy atom. The molecule has 0 bridgehead atoms. The number of rotatable bonds is 7. The number of carbonyl (C=O) groups is 2. The van der Waals surface area contributed by atoms with Crippen LogP contribution in [0.4, 0.5) is 4.39 Å². The number of ketones is 1. The van der Waals surface area contributed by atoms with E-state index in [9.17, 15) is 14.0 Å². The largest absolute Gasteiger partial charge is 0.461 e. The molecule has 1 aromatic rings. The molecule has 8 heteroatoms. The molecule has 1 aromatic carbocycles. The normalized spacial score (nSPS) is 18.6. The molecular formula is C16H13Cl2FN2O3. The van der Waals surface area contributed by atoms with E-state index in [1.165, 1.54) is 0 Å². The maximum atomic E-state index is 13.7. The predicted molar refractivity (Wildman–Crippen MR) is 86.5 cm³/mol. The van der Waals surface area contributed by atoms with Gasteiger partial charge in [0.15, 0.2) is 5.78 Å². The SMILES string of the molecule is C=CC(=O)OCCNC1CC1C(=O)c1cc(F)c(Cl)c(C#N)c1Cl. The van der Waals surface area contributed by atoms with Crippen molar-refractivity contribution in [1.29, 1.82) is 5.26 Å². The van der Waals surface area contributed by atoms with Crippen molar-refractivity contribution in [2.24, 2.45) is 5.92 Å². The van der Waals surface area contributed by atoms with E-state index < -0.39 is 16.8 Å². The quantitative estimate of drug-likeness (QED) is 0.262. The molecule has 0 heterocycles. The fourth-order valence-corrected chi connectivity index (χ4v) is 2.77. The first-order valence-corrected chi connectivity index (χ1v) is 7.80. The first-order chi connectivity index (χ1) is 11.4. The number of Topliss-reactive ketones (excluding diaryl/α,β-unsaturated/α-hetero) is 1. The fourth-order valence-electron chi connectivity index (χ4n) is 2.25. The molecule has 1 N–H and O–H groups in total. The van der Waals surface area contributed by atoms with E-state index in [4.69, 9.17) is 33.2 Å². The summed E-state index contributed by atoms with van der Waals surface area (Å²) in [5.41, 5.74) is -0.300. The number of hydrogen-bond acceptors (Lipinski definition) is 5. The predicted octanol–water partition coefficient (Wildman–Crippen LogP) is 2.89. The first kappa shape index (κ1) is 18.4. The highest BCUT2D eigenvalue weighted by Crippen LogP contribution is 2.38. The summed E-state index contributed by atoms with van der Waals surface area (Å²) < 4.78 is 18.5. The van der Waals surface area contributed by atoms with Crippen LogP contribution in [0, 0.1) is 23.1 Å². The van der Waals surface area contributed by atoms with E-state index in [0.29, 0.717) is 13.0 Å². The smallest absolute Gasteiger partial charge is 0.330 e. The number of nitriles is 1. The van der Waals surface area contributed by atoms with Crippen molar-refractivity contribution in [2.75, 3.05) is 13.2 Å². The van der Waals surface area contributed by atoms with Gasteiger partial charge in [-0.2, -0.15) is 5.26 Å². The molecule has 0 saturated heterocycles. The molecule has 0 aliphatic heterocycles. The second-order valence-corrected chi connectivity index (χ2v) is 5.92. The molecule has 1 fully saturated rings. The number of nitrogens with one attached hydrogen (secondary N) is 1. The number of hydrogen-bond donors (Lipinski definition) is 1. The van der Waals surface area contributed by atoms with Crippen LogP contribution in [-0.4, -0.2) is 30.9 Å². The first-order valence-electron chi connectivity index (χ1n) is 7.05. The Hall–Kier alpha value is -1.94. The van der Waals surface area contributed by atoms with Crippen molar-refractivity contribution >= 4 is 35.0 Å². The van der Waals surface area contributed by atoms with E-state index in [1.807, 2.05) is 0 Å². The number of nitrogens with zero attached hydrogens (tertiary/aromatic N) is 1. The van der Waals surface area contributed by atoms with Crippen LogP contribution in [0.25, 0.3) is 0 Å². The number of esters is 1. The lowest BCUT2D eigenvalue weighted by molar-refractivity contribution is -0.137. The van der Waals surface area contributed by atoms with Crippen molar-refractivity contribution in [2.45, 2.75) is 12.5 Å². The monoisotopic (exact) mass is 370 g/mol. The number of benzene rings is 1. The molecule has 0 spiro atoms. The molecule has 1 aliphatic carbocycles. The Balaban J connectivity index is 1.97. The lowest BCUT2D eigenvalue weighted by Gasteiger charge is -2.08. The zero-order chi connectivity index (χ0) is 17.9. The van der Waals surface area contributed by atoms with Crippen LogP contribution < -0.4 is 5.32 Å². The average molecular weight is 371 g/mol. The summed E-state index contributed by atoms with van der Waals surface area (Å²) in [6, 6.07) is 2.54. The topological polar surface area (TPSA) is 79.2 Å². The van der Waals surface area contributed by atoms with Gasteiger partial charge in [0, 0.05) is 30.1 Å². The molecule has 2 unspecified atom stereocenters. The van der Waals surface area contributed by atoms with Crippen LogP contribution >= 0.6 is 23.2 Å². The molecule has 126 valence electrons. The van der Waals surface area contributed by atoms with Gasteiger partial charge in [0.2, 0.25) is 0 Å². The summed E-state index contributed by atoms with van der Waals surface area (Å²) in [7, 11) is 0. The summed E-state index contributed by atoms with van der Waals surface area (Å²) in [6.07, 6.45) is 1.62. The van der Waals surface area contributed by atoms with Gasteiger partial charge in [-0.05, 0) is 12.5 Å². The molecule has 24 heavy (non-hydrogen) atoms. The van der Waals surface area contributed by atoms with Crippen LogP contribution in [0.3, 0.4) is 0 Å². The van der Waals surface area contributed by atoms with Crippen molar-refractivity contribution < 1.29 is 18.7 Å². The highest BCUT2D eigenvalue weighted by molar-refractivity contribution is 6.39. The van der Waals surface area contributed by atoms with Gasteiger partial charge in [-0.15, -0.1) is 0 Å². The molecule has 2 rings (SSSR count). The van der Waals surface area contributed by atoms with Crippen LogP contribution in [0.2, 0.25) is 10.0 Å². The Bertz CT molecular complexity index is 746. The van der Waals surface area contributed by atoms with E-state index >= 15 is 0 Å². The molecule has 1 saturated carbocycles. The lowest BCUT2D eigenvalue weighted by Crippen LogP contribution is -2.25. The van der Waals surface area contributed by atoms with Crippen molar-refractivity contribution in [3.63, 3.8) is 0 Å². The Morgan fingerprint density at radius 1 is 1.50 bits per heavy atom. The van der Waals surface area contributed by atoms with Gasteiger partial charge < -0.3 is 10.1 Å². The fraction of sp³-hybridized carbons (Fsp3) is 0.312. The summed E-state index contributed by atoms with van der Waals surface area (Å²) >= 11 is 11.7. The summed E-state index contributed by atoms with van der Waals surface area (Å²) in [5, 5.41) is 11.5. The van der Waals surface area contributed by atoms with Gasteiger partial charge in [-0.3, -0.25) is 4.79 Å². The third-order valence-electron chi connectivity index (χ3n) is 3.58. The number of carbonyl (C=O) groups excluding carboxylic acids is 2. The minimum absolute atomic E-state index is 0.0532. The highest BCUT2D eigenvalue weighted by atomic mass is 35.5. The maximum Gasteiger partial charge on any atom is 0.330 e.